The second kappa shape index (κ2) is 11.1. The number of rotatable bonds is 6. The van der Waals surface area contributed by atoms with Crippen molar-refractivity contribution < 1.29 is 9.59 Å². The van der Waals surface area contributed by atoms with E-state index in [-0.39, 0.29) is 24.3 Å². The number of benzene rings is 2. The predicted molar refractivity (Wildman–Crippen MR) is 151 cm³/mol. The molecule has 6 rings (SSSR count). The number of fused-ring (bicyclic) bond motifs is 1. The Balaban J connectivity index is 1.31. The van der Waals surface area contributed by atoms with Crippen LogP contribution < -0.4 is 4.90 Å². The second-order valence-corrected chi connectivity index (χ2v) is 11.7. The number of hydrogen-bond donors (Lipinski definition) is 0. The molecule has 1 saturated heterocycles. The van der Waals surface area contributed by atoms with Crippen molar-refractivity contribution in [1.82, 2.24) is 14.5 Å². The molecule has 2 amide bonds. The zero-order chi connectivity index (χ0) is 26.1. The smallest absolute Gasteiger partial charge is 0.243 e. The van der Waals surface area contributed by atoms with E-state index < -0.39 is 0 Å². The highest BCUT2D eigenvalue weighted by atomic mass is 35.5. The first-order valence-electron chi connectivity index (χ1n) is 14.4. The number of carbonyl (C=O) groups is 2. The molecule has 1 aromatic heterocycles. The van der Waals surface area contributed by atoms with Gasteiger partial charge in [-0.3, -0.25) is 9.59 Å². The molecule has 3 aliphatic rings. The molecule has 3 fully saturated rings. The van der Waals surface area contributed by atoms with Crippen molar-refractivity contribution in [2.75, 3.05) is 11.4 Å². The Morgan fingerprint density at radius 1 is 0.895 bits per heavy atom. The molecule has 0 bridgehead atoms. The number of aromatic nitrogens is 2. The first-order valence-corrected chi connectivity index (χ1v) is 14.8. The molecular weight excluding hydrogens is 496 g/mol. The van der Waals surface area contributed by atoms with Gasteiger partial charge in [0.2, 0.25) is 11.8 Å². The minimum atomic E-state index is -0.0730. The molecule has 7 heteroatoms. The quantitative estimate of drug-likeness (QED) is 0.355. The lowest BCUT2D eigenvalue weighted by Crippen LogP contribution is -2.50. The molecule has 1 unspecified atom stereocenters. The third-order valence-corrected chi connectivity index (χ3v) is 9.08. The maximum Gasteiger partial charge on any atom is 0.243 e. The van der Waals surface area contributed by atoms with Crippen LogP contribution in [0.5, 0.6) is 0 Å². The monoisotopic (exact) mass is 532 g/mol. The van der Waals surface area contributed by atoms with Gasteiger partial charge in [0, 0.05) is 41.7 Å². The number of halogens is 1. The lowest BCUT2D eigenvalue weighted by molar-refractivity contribution is -0.138. The van der Waals surface area contributed by atoms with Gasteiger partial charge in [0.15, 0.2) is 0 Å². The molecule has 0 N–H and O–H groups in total. The summed E-state index contributed by atoms with van der Waals surface area (Å²) >= 11 is 6.08. The van der Waals surface area contributed by atoms with Gasteiger partial charge in [-0.15, -0.1) is 0 Å². The minimum Gasteiger partial charge on any atom is -0.335 e. The molecule has 200 valence electrons. The topological polar surface area (TPSA) is 58.4 Å². The van der Waals surface area contributed by atoms with Crippen LogP contribution >= 0.6 is 11.6 Å². The average molecular weight is 533 g/mol. The Hall–Kier alpha value is -2.86. The van der Waals surface area contributed by atoms with Crippen molar-refractivity contribution in [3.05, 3.63) is 59.4 Å². The number of hydrogen-bond acceptors (Lipinski definition) is 3. The van der Waals surface area contributed by atoms with E-state index in [4.69, 9.17) is 16.6 Å². The Morgan fingerprint density at radius 2 is 1.53 bits per heavy atom. The van der Waals surface area contributed by atoms with E-state index in [1.165, 1.54) is 38.5 Å². The Kier molecular flexibility index (Phi) is 7.42. The van der Waals surface area contributed by atoms with Gasteiger partial charge in [0.1, 0.15) is 12.4 Å². The summed E-state index contributed by atoms with van der Waals surface area (Å²) in [7, 11) is 0. The summed E-state index contributed by atoms with van der Waals surface area (Å²) in [5.74, 6) is 1.06. The highest BCUT2D eigenvalue weighted by Crippen LogP contribution is 2.35. The summed E-state index contributed by atoms with van der Waals surface area (Å²) in [5.41, 5.74) is 2.71. The van der Waals surface area contributed by atoms with Crippen LogP contribution in [-0.4, -0.2) is 44.9 Å². The lowest BCUT2D eigenvalue weighted by Gasteiger charge is -2.42. The van der Waals surface area contributed by atoms with E-state index in [9.17, 15) is 9.59 Å². The number of para-hydroxylation sites is 2. The third kappa shape index (κ3) is 5.07. The van der Waals surface area contributed by atoms with Crippen molar-refractivity contribution in [3.8, 4) is 0 Å². The van der Waals surface area contributed by atoms with Gasteiger partial charge >= 0.3 is 0 Å². The predicted octanol–water partition coefficient (Wildman–Crippen LogP) is 6.70. The molecule has 2 aliphatic carbocycles. The van der Waals surface area contributed by atoms with Crippen molar-refractivity contribution in [2.45, 2.75) is 95.2 Å². The summed E-state index contributed by atoms with van der Waals surface area (Å²) in [6.45, 7) is 0.835. The molecular formula is C31H37ClN4O2. The number of amides is 2. The van der Waals surface area contributed by atoms with Crippen molar-refractivity contribution in [1.29, 1.82) is 0 Å². The zero-order valence-electron chi connectivity index (χ0n) is 22.0. The van der Waals surface area contributed by atoms with E-state index in [1.807, 2.05) is 47.4 Å². The third-order valence-electron chi connectivity index (χ3n) is 8.83. The van der Waals surface area contributed by atoms with E-state index in [0.29, 0.717) is 30.1 Å². The van der Waals surface area contributed by atoms with Crippen LogP contribution in [0.25, 0.3) is 11.0 Å². The lowest BCUT2D eigenvalue weighted by atomic mass is 9.88. The average Bonchev–Trinajstić information content (AvgIpc) is 3.51. The molecule has 38 heavy (non-hydrogen) atoms. The first kappa shape index (κ1) is 25.4. The molecule has 0 spiro atoms. The van der Waals surface area contributed by atoms with Gasteiger partial charge < -0.3 is 14.4 Å². The molecule has 1 atom stereocenters. The van der Waals surface area contributed by atoms with Gasteiger partial charge in [-0.25, -0.2) is 4.98 Å². The fraction of sp³-hybridized carbons (Fsp3) is 0.516. The molecule has 2 aromatic carbocycles. The number of nitrogens with zero attached hydrogens (tertiary/aromatic N) is 4. The maximum atomic E-state index is 14.2. The zero-order valence-corrected chi connectivity index (χ0v) is 22.8. The van der Waals surface area contributed by atoms with Crippen molar-refractivity contribution in [3.63, 3.8) is 0 Å². The SMILES string of the molecule is O=C1CC(c2nc3ccccc3n2CC(=O)N(C2CCCCC2)C2CCCCC2)CN1c1ccc(Cl)cc1. The van der Waals surface area contributed by atoms with Crippen LogP contribution in [0.3, 0.4) is 0 Å². The maximum absolute atomic E-state index is 14.2. The highest BCUT2D eigenvalue weighted by Gasteiger charge is 2.37. The summed E-state index contributed by atoms with van der Waals surface area (Å²) in [6.07, 6.45) is 12.3. The normalized spacial score (nSPS) is 21.3. The van der Waals surface area contributed by atoms with Crippen LogP contribution in [0.15, 0.2) is 48.5 Å². The fourth-order valence-corrected chi connectivity index (χ4v) is 7.09. The second-order valence-electron chi connectivity index (χ2n) is 11.3. The van der Waals surface area contributed by atoms with E-state index >= 15 is 0 Å². The van der Waals surface area contributed by atoms with Crippen LogP contribution in [0, 0.1) is 0 Å². The van der Waals surface area contributed by atoms with Gasteiger partial charge in [0.05, 0.1) is 11.0 Å². The summed E-state index contributed by atoms with van der Waals surface area (Å²) in [4.78, 5) is 36.4. The van der Waals surface area contributed by atoms with Crippen molar-refractivity contribution in [2.24, 2.45) is 0 Å². The van der Waals surface area contributed by atoms with Gasteiger partial charge in [-0.1, -0.05) is 62.3 Å². The minimum absolute atomic E-state index is 0.0730. The molecule has 0 radical (unpaired) electrons. The van der Waals surface area contributed by atoms with Crippen LogP contribution in [0.1, 0.15) is 82.4 Å². The Labute approximate surface area is 230 Å². The summed E-state index contributed by atoms with van der Waals surface area (Å²) in [6, 6.07) is 16.2. The first-order chi connectivity index (χ1) is 18.6. The summed E-state index contributed by atoms with van der Waals surface area (Å²) < 4.78 is 2.11. The van der Waals surface area contributed by atoms with E-state index in [0.717, 1.165) is 48.2 Å². The van der Waals surface area contributed by atoms with Crippen LogP contribution in [0.4, 0.5) is 5.69 Å². The van der Waals surface area contributed by atoms with Crippen LogP contribution in [-0.2, 0) is 16.1 Å². The number of carbonyl (C=O) groups excluding carboxylic acids is 2. The van der Waals surface area contributed by atoms with Gasteiger partial charge in [-0.2, -0.15) is 0 Å². The fourth-order valence-electron chi connectivity index (χ4n) is 6.96. The molecule has 2 heterocycles. The van der Waals surface area contributed by atoms with Gasteiger partial charge in [0.25, 0.3) is 0 Å². The van der Waals surface area contributed by atoms with Crippen LogP contribution in [0.2, 0.25) is 5.02 Å². The molecule has 2 saturated carbocycles. The molecule has 1 aliphatic heterocycles. The molecule has 6 nitrogen and oxygen atoms in total. The molecule has 3 aromatic rings. The highest BCUT2D eigenvalue weighted by molar-refractivity contribution is 6.30. The standard InChI is InChI=1S/C31H37ClN4O2/c32-23-15-17-24(18-16-23)34-20-22(19-29(34)37)31-33-27-13-7-8-14-28(27)35(31)21-30(38)36(25-9-3-1-4-10-25)26-11-5-2-6-12-26/h7-8,13-18,22,25-26H,1-6,9-12,19-21H2. The summed E-state index contributed by atoms with van der Waals surface area (Å²) in [5, 5.41) is 0.651. The largest absolute Gasteiger partial charge is 0.335 e. The van der Waals surface area contributed by atoms with E-state index in [2.05, 4.69) is 15.5 Å². The number of imidazole rings is 1. The number of anilines is 1. The van der Waals surface area contributed by atoms with E-state index in [1.54, 1.807) is 0 Å². The Bertz CT molecular complexity index is 1270. The van der Waals surface area contributed by atoms with Gasteiger partial charge in [-0.05, 0) is 62.1 Å². The van der Waals surface area contributed by atoms with Crippen molar-refractivity contribution >= 4 is 40.1 Å². The Morgan fingerprint density at radius 3 is 2.18 bits per heavy atom.